The highest BCUT2D eigenvalue weighted by Crippen LogP contribution is 2.36. The van der Waals surface area contributed by atoms with E-state index < -0.39 is 0 Å². The van der Waals surface area contributed by atoms with Crippen molar-refractivity contribution < 1.29 is 23.8 Å². The Labute approximate surface area is 260 Å². The summed E-state index contributed by atoms with van der Waals surface area (Å²) in [5.41, 5.74) is 3.63. The summed E-state index contributed by atoms with van der Waals surface area (Å²) in [4.78, 5) is 35.2. The number of rotatable bonds is 11. The minimum Gasteiger partial charge on any atom is -0.497 e. The molecule has 1 unspecified atom stereocenters. The van der Waals surface area contributed by atoms with Gasteiger partial charge in [0.1, 0.15) is 23.9 Å². The number of hydrogen-bond donors (Lipinski definition) is 2. The number of fused-ring (bicyclic) bond motifs is 1. The smallest absolute Gasteiger partial charge is 0.255 e. The Hall–Kier alpha value is -4.12. The van der Waals surface area contributed by atoms with E-state index in [9.17, 15) is 9.59 Å². The monoisotopic (exact) mass is 606 g/mol. The Bertz CT molecular complexity index is 1350. The number of nitrogens with one attached hydrogen (secondary N) is 1. The van der Waals surface area contributed by atoms with Crippen LogP contribution in [0.15, 0.2) is 40.4 Å². The summed E-state index contributed by atoms with van der Waals surface area (Å²) in [7, 11) is 3.21. The van der Waals surface area contributed by atoms with Crippen molar-refractivity contribution in [3.05, 3.63) is 41.5 Å². The molecule has 0 saturated carbocycles. The highest BCUT2D eigenvalue weighted by Gasteiger charge is 2.28. The molecule has 0 bridgehead atoms. The number of carbonyl (C=O) groups is 2. The van der Waals surface area contributed by atoms with Gasteiger partial charge in [-0.15, -0.1) is 0 Å². The molecule has 44 heavy (non-hydrogen) atoms. The molecule has 11 heteroatoms. The number of nitrogens with two attached hydrogens (primary N) is 1. The van der Waals surface area contributed by atoms with Crippen molar-refractivity contribution in [2.75, 3.05) is 47.0 Å². The number of piperidine rings is 1. The number of ether oxygens (including phenoxy) is 3. The van der Waals surface area contributed by atoms with Gasteiger partial charge in [-0.25, -0.2) is 0 Å². The topological polar surface area (TPSA) is 131 Å². The van der Waals surface area contributed by atoms with Crippen LogP contribution in [0, 0.1) is 0 Å². The zero-order valence-electron chi connectivity index (χ0n) is 26.6. The van der Waals surface area contributed by atoms with Crippen LogP contribution in [0.5, 0.6) is 17.2 Å². The lowest BCUT2D eigenvalue weighted by Gasteiger charge is -2.33. The van der Waals surface area contributed by atoms with E-state index in [1.807, 2.05) is 45.0 Å². The van der Waals surface area contributed by atoms with Crippen molar-refractivity contribution in [3.63, 3.8) is 0 Å². The lowest BCUT2D eigenvalue weighted by atomic mass is 9.96. The molecule has 4 rings (SSSR count). The number of nitrogens with zero attached hydrogens (tertiary/aromatic N) is 4. The summed E-state index contributed by atoms with van der Waals surface area (Å²) >= 11 is 0. The van der Waals surface area contributed by atoms with Crippen LogP contribution in [-0.4, -0.2) is 92.6 Å². The van der Waals surface area contributed by atoms with Crippen LogP contribution in [0.1, 0.15) is 62.4 Å². The molecule has 0 aromatic heterocycles. The SMILES string of the molecule is CCC(=O)N1CCOc2c(cc(-c3cc(OC)cc(OC)c3)cc2C(=O)NC2CCCN(CC/C(C=NC(C)C)=N/N)C2)C1. The fourth-order valence-corrected chi connectivity index (χ4v) is 5.58. The van der Waals surface area contributed by atoms with Gasteiger partial charge in [0, 0.05) is 62.4 Å². The van der Waals surface area contributed by atoms with Crippen LogP contribution in [-0.2, 0) is 11.3 Å². The van der Waals surface area contributed by atoms with Crippen LogP contribution >= 0.6 is 0 Å². The number of hydrogen-bond acceptors (Lipinski definition) is 9. The van der Waals surface area contributed by atoms with Crippen molar-refractivity contribution >= 4 is 23.7 Å². The minimum absolute atomic E-state index is 0.0287. The van der Waals surface area contributed by atoms with Gasteiger partial charge in [0.15, 0.2) is 0 Å². The zero-order valence-corrected chi connectivity index (χ0v) is 26.6. The molecule has 2 aliphatic rings. The molecular weight excluding hydrogens is 560 g/mol. The Balaban J connectivity index is 1.59. The van der Waals surface area contributed by atoms with Gasteiger partial charge in [-0.05, 0) is 68.6 Å². The van der Waals surface area contributed by atoms with Gasteiger partial charge < -0.3 is 35.2 Å². The lowest BCUT2D eigenvalue weighted by molar-refractivity contribution is -0.131. The van der Waals surface area contributed by atoms with Gasteiger partial charge in [-0.2, -0.15) is 5.10 Å². The highest BCUT2D eigenvalue weighted by molar-refractivity contribution is 6.30. The maximum atomic E-state index is 14.0. The molecule has 3 N–H and O–H groups in total. The van der Waals surface area contributed by atoms with E-state index >= 15 is 0 Å². The predicted octanol–water partition coefficient (Wildman–Crippen LogP) is 3.88. The summed E-state index contributed by atoms with van der Waals surface area (Å²) < 4.78 is 17.2. The molecule has 0 aliphatic carbocycles. The van der Waals surface area contributed by atoms with Gasteiger partial charge >= 0.3 is 0 Å². The Kier molecular flexibility index (Phi) is 11.6. The van der Waals surface area contributed by atoms with Gasteiger partial charge in [-0.1, -0.05) is 6.92 Å². The second-order valence-corrected chi connectivity index (χ2v) is 11.5. The highest BCUT2D eigenvalue weighted by atomic mass is 16.5. The fraction of sp³-hybridized carbons (Fsp3) is 0.515. The molecule has 11 nitrogen and oxygen atoms in total. The molecule has 0 spiro atoms. The standard InChI is InChI=1S/C33H46N6O5/c1-6-31(40)39-12-13-44-32-25(20-39)14-23(24-15-28(42-4)18-29(16-24)43-5)17-30(32)33(41)36-27-8-7-10-38(21-27)11-9-26(37-34)19-35-22(2)3/h14-19,22,27H,6-13,20-21,34H2,1-5H3,(H,36,41)/b35-19?,37-26-. The van der Waals surface area contributed by atoms with Crippen LogP contribution < -0.4 is 25.4 Å². The van der Waals surface area contributed by atoms with Crippen molar-refractivity contribution in [2.45, 2.75) is 65.1 Å². The van der Waals surface area contributed by atoms with E-state index in [1.54, 1.807) is 31.4 Å². The average Bonchev–Trinajstić information content (AvgIpc) is 3.26. The first kappa shape index (κ1) is 32.8. The minimum atomic E-state index is -0.201. The molecular formula is C33H46N6O5. The first-order valence-corrected chi connectivity index (χ1v) is 15.4. The third-order valence-electron chi connectivity index (χ3n) is 7.93. The molecule has 2 heterocycles. The van der Waals surface area contributed by atoms with Crippen LogP contribution in [0.2, 0.25) is 0 Å². The van der Waals surface area contributed by atoms with Gasteiger partial charge in [0.05, 0.1) is 32.0 Å². The van der Waals surface area contributed by atoms with Crippen LogP contribution in [0.4, 0.5) is 0 Å². The molecule has 2 aromatic rings. The fourth-order valence-electron chi connectivity index (χ4n) is 5.58. The molecule has 1 atom stereocenters. The summed E-state index contributed by atoms with van der Waals surface area (Å²) in [6.07, 6.45) is 4.68. The number of amides is 2. The summed E-state index contributed by atoms with van der Waals surface area (Å²) in [5, 5.41) is 7.17. The van der Waals surface area contributed by atoms with E-state index in [0.717, 1.165) is 54.9 Å². The number of benzene rings is 2. The average molecular weight is 607 g/mol. The summed E-state index contributed by atoms with van der Waals surface area (Å²) in [6.45, 7) is 9.44. The van der Waals surface area contributed by atoms with Crippen molar-refractivity contribution in [1.29, 1.82) is 0 Å². The van der Waals surface area contributed by atoms with Crippen molar-refractivity contribution in [3.8, 4) is 28.4 Å². The molecule has 1 fully saturated rings. The Morgan fingerprint density at radius 2 is 1.84 bits per heavy atom. The van der Waals surface area contributed by atoms with E-state index in [1.165, 1.54) is 0 Å². The number of hydrazone groups is 1. The van der Waals surface area contributed by atoms with Crippen molar-refractivity contribution in [2.24, 2.45) is 15.9 Å². The van der Waals surface area contributed by atoms with Gasteiger partial charge in [-0.3, -0.25) is 14.6 Å². The maximum absolute atomic E-state index is 14.0. The quantitative estimate of drug-likeness (QED) is 0.226. The number of methoxy groups -OCH3 is 2. The second kappa shape index (κ2) is 15.6. The Morgan fingerprint density at radius 1 is 1.11 bits per heavy atom. The molecule has 2 aromatic carbocycles. The lowest BCUT2D eigenvalue weighted by Crippen LogP contribution is -2.48. The van der Waals surface area contributed by atoms with Crippen LogP contribution in [0.3, 0.4) is 0 Å². The third-order valence-corrected chi connectivity index (χ3v) is 7.93. The number of likely N-dealkylation sites (tertiary alicyclic amines) is 1. The number of aliphatic imine (C=N–C) groups is 1. The predicted molar refractivity (Wildman–Crippen MR) is 173 cm³/mol. The summed E-state index contributed by atoms with van der Waals surface area (Å²) in [6, 6.07) is 9.62. The van der Waals surface area contributed by atoms with Crippen molar-refractivity contribution in [1.82, 2.24) is 15.1 Å². The molecule has 1 saturated heterocycles. The first-order valence-electron chi connectivity index (χ1n) is 15.4. The maximum Gasteiger partial charge on any atom is 0.255 e. The van der Waals surface area contributed by atoms with E-state index in [4.69, 9.17) is 20.1 Å². The molecule has 238 valence electrons. The summed E-state index contributed by atoms with van der Waals surface area (Å²) in [5.74, 6) is 7.23. The Morgan fingerprint density at radius 3 is 2.50 bits per heavy atom. The zero-order chi connectivity index (χ0) is 31.6. The van der Waals surface area contributed by atoms with Crippen LogP contribution in [0.25, 0.3) is 11.1 Å². The largest absolute Gasteiger partial charge is 0.497 e. The van der Waals surface area contributed by atoms with E-state index in [2.05, 4.69) is 20.3 Å². The molecule has 0 radical (unpaired) electrons. The van der Waals surface area contributed by atoms with E-state index in [-0.39, 0.29) is 23.9 Å². The first-order chi connectivity index (χ1) is 21.2. The number of carbonyl (C=O) groups excluding carboxylic acids is 2. The molecule has 2 amide bonds. The van der Waals surface area contributed by atoms with E-state index in [0.29, 0.717) is 55.4 Å². The second-order valence-electron chi connectivity index (χ2n) is 11.5. The third kappa shape index (κ3) is 8.49. The van der Waals surface area contributed by atoms with Gasteiger partial charge in [0.2, 0.25) is 5.91 Å². The van der Waals surface area contributed by atoms with Gasteiger partial charge in [0.25, 0.3) is 5.91 Å². The molecule has 2 aliphatic heterocycles. The normalized spacial score (nSPS) is 17.6.